The minimum atomic E-state index is -0.121. The maximum Gasteiger partial charge on any atom is 0.199 e. The van der Waals surface area contributed by atoms with Gasteiger partial charge in [-0.15, -0.1) is 11.6 Å². The largest absolute Gasteiger partial charge is 0.472 e. The standard InChI is InChI=1S/C6H10ClNO/c1-6(2)4-8-5(3-7)9-6/h3-4H2,1-2H3. The molecule has 0 N–H and O–H groups in total. The van der Waals surface area contributed by atoms with Gasteiger partial charge in [-0.2, -0.15) is 0 Å². The molecule has 0 aromatic heterocycles. The summed E-state index contributed by atoms with van der Waals surface area (Å²) in [6.07, 6.45) is 0. The Morgan fingerprint density at radius 2 is 2.44 bits per heavy atom. The molecule has 9 heavy (non-hydrogen) atoms. The highest BCUT2D eigenvalue weighted by atomic mass is 35.5. The lowest BCUT2D eigenvalue weighted by Crippen LogP contribution is -2.24. The fourth-order valence-electron chi connectivity index (χ4n) is 0.732. The first-order valence-corrected chi connectivity index (χ1v) is 3.46. The molecule has 1 rings (SSSR count). The van der Waals surface area contributed by atoms with Crippen molar-refractivity contribution in [2.24, 2.45) is 4.99 Å². The van der Waals surface area contributed by atoms with Crippen LogP contribution in [0.2, 0.25) is 0 Å². The minimum absolute atomic E-state index is 0.121. The van der Waals surface area contributed by atoms with Crippen LogP contribution in [0.4, 0.5) is 0 Å². The lowest BCUT2D eigenvalue weighted by atomic mass is 10.1. The Morgan fingerprint density at radius 1 is 1.78 bits per heavy atom. The second-order valence-corrected chi connectivity index (χ2v) is 2.97. The Morgan fingerprint density at radius 3 is 2.67 bits per heavy atom. The molecule has 0 bridgehead atoms. The van der Waals surface area contributed by atoms with Gasteiger partial charge in [-0.05, 0) is 13.8 Å². The molecule has 0 saturated carbocycles. The van der Waals surface area contributed by atoms with E-state index >= 15 is 0 Å². The zero-order valence-corrected chi connectivity index (χ0v) is 6.40. The van der Waals surface area contributed by atoms with Crippen LogP contribution in [0.3, 0.4) is 0 Å². The highest BCUT2D eigenvalue weighted by Crippen LogP contribution is 2.16. The van der Waals surface area contributed by atoms with Crippen LogP contribution in [-0.4, -0.2) is 23.9 Å². The van der Waals surface area contributed by atoms with Crippen LogP contribution >= 0.6 is 11.6 Å². The predicted molar refractivity (Wildman–Crippen MR) is 38.2 cm³/mol. The average Bonchev–Trinajstić information content (AvgIpc) is 2.10. The first kappa shape index (κ1) is 6.87. The van der Waals surface area contributed by atoms with E-state index in [1.807, 2.05) is 13.8 Å². The summed E-state index contributed by atoms with van der Waals surface area (Å²) in [6, 6.07) is 0. The van der Waals surface area contributed by atoms with Crippen molar-refractivity contribution in [3.05, 3.63) is 0 Å². The second kappa shape index (κ2) is 2.18. The number of ether oxygens (including phenoxy) is 1. The lowest BCUT2D eigenvalue weighted by Gasteiger charge is -2.16. The molecule has 52 valence electrons. The summed E-state index contributed by atoms with van der Waals surface area (Å²) in [5.74, 6) is 1.06. The predicted octanol–water partition coefficient (Wildman–Crippen LogP) is 1.43. The molecule has 0 aromatic carbocycles. The molecule has 0 amide bonds. The van der Waals surface area contributed by atoms with Gasteiger partial charge in [-0.1, -0.05) is 0 Å². The van der Waals surface area contributed by atoms with Crippen LogP contribution in [-0.2, 0) is 4.74 Å². The number of hydrogen-bond acceptors (Lipinski definition) is 2. The molecule has 3 heteroatoms. The van der Waals surface area contributed by atoms with Gasteiger partial charge in [0.15, 0.2) is 5.90 Å². The van der Waals surface area contributed by atoms with Crippen LogP contribution in [0, 0.1) is 0 Å². The number of rotatable bonds is 1. The summed E-state index contributed by atoms with van der Waals surface area (Å²) in [5.41, 5.74) is -0.121. The SMILES string of the molecule is CC1(C)CN=C(CCl)O1. The monoisotopic (exact) mass is 147 g/mol. The summed E-state index contributed by atoms with van der Waals surface area (Å²) in [4.78, 5) is 4.07. The number of aliphatic imine (C=N–C) groups is 1. The highest BCUT2D eigenvalue weighted by molar-refractivity contribution is 6.27. The third kappa shape index (κ3) is 1.58. The third-order valence-corrected chi connectivity index (χ3v) is 1.37. The molecule has 2 nitrogen and oxygen atoms in total. The molecule has 0 radical (unpaired) electrons. The number of hydrogen-bond donors (Lipinski definition) is 0. The van der Waals surface area contributed by atoms with E-state index in [2.05, 4.69) is 4.99 Å². The van der Waals surface area contributed by atoms with Crippen molar-refractivity contribution in [2.75, 3.05) is 12.4 Å². The molecule has 0 aliphatic carbocycles. The first-order valence-electron chi connectivity index (χ1n) is 2.92. The van der Waals surface area contributed by atoms with Gasteiger partial charge in [0, 0.05) is 0 Å². The van der Waals surface area contributed by atoms with Crippen molar-refractivity contribution < 1.29 is 4.74 Å². The molecular formula is C6H10ClNO. The smallest absolute Gasteiger partial charge is 0.199 e. The molecular weight excluding hydrogens is 138 g/mol. The van der Waals surface area contributed by atoms with Crippen LogP contribution in [0.1, 0.15) is 13.8 Å². The zero-order valence-electron chi connectivity index (χ0n) is 5.65. The maximum atomic E-state index is 5.48. The molecule has 0 fully saturated rings. The fourth-order valence-corrected chi connectivity index (χ4v) is 0.871. The van der Waals surface area contributed by atoms with Gasteiger partial charge in [-0.25, -0.2) is 0 Å². The van der Waals surface area contributed by atoms with Crippen molar-refractivity contribution >= 4 is 17.5 Å². The van der Waals surface area contributed by atoms with Gasteiger partial charge in [0.1, 0.15) is 5.60 Å². The van der Waals surface area contributed by atoms with Crippen molar-refractivity contribution in [3.8, 4) is 0 Å². The van der Waals surface area contributed by atoms with Crippen LogP contribution in [0.15, 0.2) is 4.99 Å². The first-order chi connectivity index (χ1) is 4.14. The van der Waals surface area contributed by atoms with E-state index in [1.54, 1.807) is 0 Å². The Bertz CT molecular complexity index is 142. The molecule has 1 heterocycles. The van der Waals surface area contributed by atoms with E-state index in [4.69, 9.17) is 16.3 Å². The number of halogens is 1. The van der Waals surface area contributed by atoms with E-state index in [0.29, 0.717) is 11.8 Å². The molecule has 0 saturated heterocycles. The molecule has 0 aromatic rings. The fraction of sp³-hybridized carbons (Fsp3) is 0.833. The van der Waals surface area contributed by atoms with Gasteiger partial charge >= 0.3 is 0 Å². The Hall–Kier alpha value is -0.240. The van der Waals surface area contributed by atoms with Gasteiger partial charge < -0.3 is 4.74 Å². The Balaban J connectivity index is 2.50. The van der Waals surface area contributed by atoms with Gasteiger partial charge in [-0.3, -0.25) is 4.99 Å². The topological polar surface area (TPSA) is 21.6 Å². The molecule has 0 spiro atoms. The lowest BCUT2D eigenvalue weighted by molar-refractivity contribution is 0.130. The number of alkyl halides is 1. The van der Waals surface area contributed by atoms with Crippen molar-refractivity contribution in [2.45, 2.75) is 19.4 Å². The van der Waals surface area contributed by atoms with Gasteiger partial charge in [0.25, 0.3) is 0 Å². The van der Waals surface area contributed by atoms with Gasteiger partial charge in [0.2, 0.25) is 0 Å². The quantitative estimate of drug-likeness (QED) is 0.515. The van der Waals surface area contributed by atoms with E-state index in [1.165, 1.54) is 0 Å². The van der Waals surface area contributed by atoms with Gasteiger partial charge in [0.05, 0.1) is 12.4 Å². The molecule has 0 atom stereocenters. The third-order valence-electron chi connectivity index (χ3n) is 1.14. The summed E-state index contributed by atoms with van der Waals surface area (Å²) in [6.45, 7) is 4.72. The van der Waals surface area contributed by atoms with E-state index in [9.17, 15) is 0 Å². The summed E-state index contributed by atoms with van der Waals surface area (Å²) in [5, 5.41) is 0. The molecule has 0 unspecified atom stereocenters. The summed E-state index contributed by atoms with van der Waals surface area (Å²) in [7, 11) is 0. The minimum Gasteiger partial charge on any atom is -0.472 e. The Kier molecular flexibility index (Phi) is 1.66. The van der Waals surface area contributed by atoms with Crippen molar-refractivity contribution in [3.63, 3.8) is 0 Å². The zero-order chi connectivity index (χ0) is 6.91. The second-order valence-electron chi connectivity index (χ2n) is 2.71. The average molecular weight is 148 g/mol. The van der Waals surface area contributed by atoms with Crippen molar-refractivity contribution in [1.82, 2.24) is 0 Å². The van der Waals surface area contributed by atoms with Crippen LogP contribution in [0.25, 0.3) is 0 Å². The Labute approximate surface area is 59.9 Å². The van der Waals surface area contributed by atoms with Crippen LogP contribution < -0.4 is 0 Å². The van der Waals surface area contributed by atoms with Crippen molar-refractivity contribution in [1.29, 1.82) is 0 Å². The highest BCUT2D eigenvalue weighted by Gasteiger charge is 2.26. The summed E-state index contributed by atoms with van der Waals surface area (Å²) >= 11 is 5.48. The molecule has 1 aliphatic heterocycles. The van der Waals surface area contributed by atoms with Crippen LogP contribution in [0.5, 0.6) is 0 Å². The molecule has 1 aliphatic rings. The van der Waals surface area contributed by atoms with E-state index < -0.39 is 0 Å². The summed E-state index contributed by atoms with van der Waals surface area (Å²) < 4.78 is 5.32. The number of nitrogens with zero attached hydrogens (tertiary/aromatic N) is 1. The normalized spacial score (nSPS) is 23.2. The van der Waals surface area contributed by atoms with E-state index in [-0.39, 0.29) is 5.60 Å². The maximum absolute atomic E-state index is 5.48. The van der Waals surface area contributed by atoms with E-state index in [0.717, 1.165) is 6.54 Å².